The van der Waals surface area contributed by atoms with E-state index in [-0.39, 0.29) is 11.5 Å². The topological polar surface area (TPSA) is 68.3 Å². The number of hydrogen-bond donors (Lipinski definition) is 1. The van der Waals surface area contributed by atoms with Gasteiger partial charge in [-0.25, -0.2) is 0 Å². The molecule has 1 aromatic heterocycles. The predicted molar refractivity (Wildman–Crippen MR) is 74.6 cm³/mol. The van der Waals surface area contributed by atoms with Crippen LogP contribution in [-0.4, -0.2) is 28.5 Å². The van der Waals surface area contributed by atoms with Crippen molar-refractivity contribution in [1.29, 1.82) is 0 Å². The number of nitrogen functional groups attached to an aromatic ring is 1. The van der Waals surface area contributed by atoms with Gasteiger partial charge in [0.05, 0.1) is 0 Å². The van der Waals surface area contributed by atoms with Crippen molar-refractivity contribution in [2.45, 2.75) is 26.8 Å². The molecular formula is C14H21N3O2. The maximum absolute atomic E-state index is 11.9. The molecule has 1 fully saturated rings. The van der Waals surface area contributed by atoms with Crippen LogP contribution in [0.4, 0.5) is 5.69 Å². The second-order valence-corrected chi connectivity index (χ2v) is 5.54. The predicted octanol–water partition coefficient (Wildman–Crippen LogP) is 0.935. The monoisotopic (exact) mass is 263 g/mol. The summed E-state index contributed by atoms with van der Waals surface area (Å²) in [6.07, 6.45) is 2.26. The van der Waals surface area contributed by atoms with E-state index in [1.165, 1.54) is 6.07 Å². The second kappa shape index (κ2) is 5.47. The highest BCUT2D eigenvalue weighted by Gasteiger charge is 2.30. The molecule has 19 heavy (non-hydrogen) atoms. The lowest BCUT2D eigenvalue weighted by molar-refractivity contribution is -0.127. The molecule has 5 nitrogen and oxygen atoms in total. The highest BCUT2D eigenvalue weighted by atomic mass is 16.2. The first-order chi connectivity index (χ1) is 8.97. The van der Waals surface area contributed by atoms with Gasteiger partial charge in [0.15, 0.2) is 0 Å². The van der Waals surface area contributed by atoms with Crippen LogP contribution in [0.1, 0.15) is 20.3 Å². The van der Waals surface area contributed by atoms with E-state index in [4.69, 9.17) is 5.73 Å². The fourth-order valence-electron chi connectivity index (χ4n) is 2.42. The molecule has 104 valence electrons. The van der Waals surface area contributed by atoms with Crippen LogP contribution in [0, 0.1) is 11.8 Å². The van der Waals surface area contributed by atoms with Crippen molar-refractivity contribution in [2.24, 2.45) is 11.8 Å². The van der Waals surface area contributed by atoms with Gasteiger partial charge < -0.3 is 15.2 Å². The van der Waals surface area contributed by atoms with E-state index in [1.54, 1.807) is 16.8 Å². The van der Waals surface area contributed by atoms with Crippen molar-refractivity contribution in [3.63, 3.8) is 0 Å². The van der Waals surface area contributed by atoms with E-state index >= 15 is 0 Å². The van der Waals surface area contributed by atoms with E-state index in [1.807, 2.05) is 4.90 Å². The number of anilines is 1. The zero-order valence-corrected chi connectivity index (χ0v) is 11.5. The molecule has 1 atom stereocenters. The molecule has 5 heteroatoms. The van der Waals surface area contributed by atoms with Crippen molar-refractivity contribution < 1.29 is 4.79 Å². The Morgan fingerprint density at radius 3 is 2.68 bits per heavy atom. The summed E-state index contributed by atoms with van der Waals surface area (Å²) in [5.74, 6) is 1.14. The third-order valence-electron chi connectivity index (χ3n) is 3.80. The van der Waals surface area contributed by atoms with E-state index in [2.05, 4.69) is 13.8 Å². The van der Waals surface area contributed by atoms with Gasteiger partial charge in [-0.15, -0.1) is 0 Å². The standard InChI is InChI=1S/C14H21N3O2/c1-10(2)11-7-14(19)16(8-11)5-6-17-9-12(15)3-4-13(17)18/h3-4,9-11H,5-8,15H2,1-2H3. The Kier molecular flexibility index (Phi) is 3.93. The van der Waals surface area contributed by atoms with Gasteiger partial charge in [0.2, 0.25) is 5.91 Å². The molecule has 0 saturated carbocycles. The minimum absolute atomic E-state index is 0.0822. The van der Waals surface area contributed by atoms with Crippen molar-refractivity contribution in [3.8, 4) is 0 Å². The van der Waals surface area contributed by atoms with Gasteiger partial charge in [0, 0.05) is 44.0 Å². The molecule has 1 aromatic rings. The average Bonchev–Trinajstić information content (AvgIpc) is 2.72. The van der Waals surface area contributed by atoms with Crippen molar-refractivity contribution in [2.75, 3.05) is 18.8 Å². The fourth-order valence-corrected chi connectivity index (χ4v) is 2.42. The molecule has 1 unspecified atom stereocenters. The Bertz CT molecular complexity index is 522. The number of pyridine rings is 1. The molecule has 0 bridgehead atoms. The summed E-state index contributed by atoms with van der Waals surface area (Å²) in [6.45, 7) is 6.16. The number of hydrogen-bond acceptors (Lipinski definition) is 3. The van der Waals surface area contributed by atoms with Gasteiger partial charge in [-0.1, -0.05) is 13.8 Å². The lowest BCUT2D eigenvalue weighted by Crippen LogP contribution is -2.32. The first kappa shape index (κ1) is 13.6. The van der Waals surface area contributed by atoms with E-state index < -0.39 is 0 Å². The molecule has 0 aliphatic carbocycles. The van der Waals surface area contributed by atoms with Crippen molar-refractivity contribution in [1.82, 2.24) is 9.47 Å². The number of amides is 1. The number of rotatable bonds is 4. The molecular weight excluding hydrogens is 242 g/mol. The molecule has 1 amide bonds. The summed E-state index contributed by atoms with van der Waals surface area (Å²) in [5.41, 5.74) is 6.14. The molecule has 0 spiro atoms. The zero-order chi connectivity index (χ0) is 14.0. The Morgan fingerprint density at radius 1 is 1.32 bits per heavy atom. The maximum Gasteiger partial charge on any atom is 0.250 e. The number of carbonyl (C=O) groups is 1. The molecule has 1 aliphatic rings. The molecule has 2 heterocycles. The molecule has 0 radical (unpaired) electrons. The fraction of sp³-hybridized carbons (Fsp3) is 0.571. The van der Waals surface area contributed by atoms with Crippen LogP contribution in [0.5, 0.6) is 0 Å². The zero-order valence-electron chi connectivity index (χ0n) is 11.5. The number of likely N-dealkylation sites (tertiary alicyclic amines) is 1. The third kappa shape index (κ3) is 3.16. The van der Waals surface area contributed by atoms with Crippen molar-refractivity contribution >= 4 is 11.6 Å². The Hall–Kier alpha value is -1.78. The summed E-state index contributed by atoms with van der Waals surface area (Å²) in [4.78, 5) is 25.4. The van der Waals surface area contributed by atoms with Crippen LogP contribution in [0.3, 0.4) is 0 Å². The maximum atomic E-state index is 11.9. The van der Waals surface area contributed by atoms with Crippen LogP contribution in [0.25, 0.3) is 0 Å². The largest absolute Gasteiger partial charge is 0.398 e. The van der Waals surface area contributed by atoms with Gasteiger partial charge in [-0.05, 0) is 17.9 Å². The molecule has 2 rings (SSSR count). The van der Waals surface area contributed by atoms with Crippen LogP contribution in [-0.2, 0) is 11.3 Å². The third-order valence-corrected chi connectivity index (χ3v) is 3.80. The van der Waals surface area contributed by atoms with E-state index in [0.717, 1.165) is 6.54 Å². The smallest absolute Gasteiger partial charge is 0.250 e. The molecule has 2 N–H and O–H groups in total. The Balaban J connectivity index is 1.98. The second-order valence-electron chi connectivity index (χ2n) is 5.54. The SMILES string of the molecule is CC(C)C1CC(=O)N(CCn2cc(N)ccc2=O)C1. The average molecular weight is 263 g/mol. The van der Waals surface area contributed by atoms with Crippen LogP contribution in [0.2, 0.25) is 0 Å². The number of nitrogens with two attached hydrogens (primary N) is 1. The summed E-state index contributed by atoms with van der Waals surface area (Å²) in [6, 6.07) is 3.05. The lowest BCUT2D eigenvalue weighted by atomic mass is 9.95. The van der Waals surface area contributed by atoms with E-state index in [9.17, 15) is 9.59 Å². The van der Waals surface area contributed by atoms with Crippen LogP contribution < -0.4 is 11.3 Å². The molecule has 1 saturated heterocycles. The number of nitrogens with zero attached hydrogens (tertiary/aromatic N) is 2. The summed E-state index contributed by atoms with van der Waals surface area (Å²) in [5, 5.41) is 0. The highest BCUT2D eigenvalue weighted by molar-refractivity contribution is 5.78. The summed E-state index contributed by atoms with van der Waals surface area (Å²) < 4.78 is 1.56. The number of carbonyl (C=O) groups excluding carboxylic acids is 1. The van der Waals surface area contributed by atoms with Gasteiger partial charge in [0.1, 0.15) is 0 Å². The van der Waals surface area contributed by atoms with Crippen LogP contribution in [0.15, 0.2) is 23.1 Å². The Labute approximate surface area is 113 Å². The van der Waals surface area contributed by atoms with E-state index in [0.29, 0.717) is 37.0 Å². The van der Waals surface area contributed by atoms with Gasteiger partial charge in [0.25, 0.3) is 5.56 Å². The van der Waals surface area contributed by atoms with Gasteiger partial charge >= 0.3 is 0 Å². The van der Waals surface area contributed by atoms with Crippen molar-refractivity contribution in [3.05, 3.63) is 28.7 Å². The lowest BCUT2D eigenvalue weighted by Gasteiger charge is -2.18. The summed E-state index contributed by atoms with van der Waals surface area (Å²) in [7, 11) is 0. The Morgan fingerprint density at radius 2 is 2.05 bits per heavy atom. The molecule has 0 aromatic carbocycles. The normalized spacial score (nSPS) is 19.4. The highest BCUT2D eigenvalue weighted by Crippen LogP contribution is 2.24. The van der Waals surface area contributed by atoms with Gasteiger partial charge in [-0.3, -0.25) is 9.59 Å². The van der Waals surface area contributed by atoms with Crippen LogP contribution >= 0.6 is 0 Å². The minimum atomic E-state index is -0.0822. The first-order valence-electron chi connectivity index (χ1n) is 6.71. The first-order valence-corrected chi connectivity index (χ1v) is 6.71. The van der Waals surface area contributed by atoms with Gasteiger partial charge in [-0.2, -0.15) is 0 Å². The summed E-state index contributed by atoms with van der Waals surface area (Å²) >= 11 is 0. The number of aromatic nitrogens is 1. The quantitative estimate of drug-likeness (QED) is 0.879. The minimum Gasteiger partial charge on any atom is -0.398 e. The molecule has 1 aliphatic heterocycles.